The van der Waals surface area contributed by atoms with Gasteiger partial charge in [0, 0.05) is 22.8 Å². The highest BCUT2D eigenvalue weighted by Crippen LogP contribution is 2.29. The fraction of sp³-hybridized carbons (Fsp3) is 0.0625. The summed E-state index contributed by atoms with van der Waals surface area (Å²) in [4.78, 5) is 15.9. The number of hydrogen-bond acceptors (Lipinski definition) is 4. The monoisotopic (exact) mass is 381 g/mol. The van der Waals surface area contributed by atoms with E-state index < -0.39 is 0 Å². The van der Waals surface area contributed by atoms with E-state index in [1.54, 1.807) is 36.4 Å². The average molecular weight is 383 g/mol. The Morgan fingerprint density at radius 2 is 2.00 bits per heavy atom. The van der Waals surface area contributed by atoms with Gasteiger partial charge in [-0.1, -0.05) is 40.0 Å². The number of hydrogen-bond donors (Lipinski definition) is 1. The molecular weight excluding hydrogens is 373 g/mol. The second-order valence-corrected chi connectivity index (χ2v) is 6.03. The van der Waals surface area contributed by atoms with Gasteiger partial charge in [0.05, 0.1) is 17.1 Å². The summed E-state index contributed by atoms with van der Waals surface area (Å²) < 4.78 is 5.22. The molecule has 1 N–H and O–H groups in total. The van der Waals surface area contributed by atoms with E-state index in [0.29, 0.717) is 32.6 Å². The van der Waals surface area contributed by atoms with Gasteiger partial charge in [-0.05, 0) is 30.3 Å². The standard InChI is InChI=1S/C16H10Cl3N3O2/c17-9-3-4-11(13(18)6-9)14-7-10(24-22-14)8-21-16(23)12-2-1-5-20-15(12)19/h1-7H,8H2,(H,21,23). The Kier molecular flexibility index (Phi) is 5.04. The first kappa shape index (κ1) is 16.8. The lowest BCUT2D eigenvalue weighted by atomic mass is 10.1. The Labute approximate surface area is 152 Å². The number of rotatable bonds is 4. The van der Waals surface area contributed by atoms with E-state index in [-0.39, 0.29) is 17.6 Å². The number of nitrogens with one attached hydrogen (secondary N) is 1. The van der Waals surface area contributed by atoms with Crippen molar-refractivity contribution < 1.29 is 9.32 Å². The molecule has 0 atom stereocenters. The molecule has 2 heterocycles. The molecule has 0 radical (unpaired) electrons. The number of pyridine rings is 1. The van der Waals surface area contributed by atoms with Crippen LogP contribution in [0.5, 0.6) is 0 Å². The molecule has 1 amide bonds. The van der Waals surface area contributed by atoms with E-state index in [4.69, 9.17) is 39.3 Å². The summed E-state index contributed by atoms with van der Waals surface area (Å²) in [5, 5.41) is 7.79. The van der Waals surface area contributed by atoms with E-state index in [0.717, 1.165) is 0 Å². The van der Waals surface area contributed by atoms with E-state index >= 15 is 0 Å². The van der Waals surface area contributed by atoms with Gasteiger partial charge >= 0.3 is 0 Å². The van der Waals surface area contributed by atoms with Crippen LogP contribution in [-0.2, 0) is 6.54 Å². The molecule has 3 rings (SSSR count). The molecule has 0 aliphatic carbocycles. The first-order valence-electron chi connectivity index (χ1n) is 6.84. The maximum absolute atomic E-state index is 12.1. The van der Waals surface area contributed by atoms with Gasteiger partial charge in [-0.15, -0.1) is 0 Å². The quantitative estimate of drug-likeness (QED) is 0.668. The Balaban J connectivity index is 1.70. The van der Waals surface area contributed by atoms with Gasteiger partial charge < -0.3 is 9.84 Å². The predicted molar refractivity (Wildman–Crippen MR) is 92.4 cm³/mol. The lowest BCUT2D eigenvalue weighted by Crippen LogP contribution is -2.23. The molecule has 0 unspecified atom stereocenters. The molecule has 0 bridgehead atoms. The second-order valence-electron chi connectivity index (χ2n) is 4.83. The molecule has 24 heavy (non-hydrogen) atoms. The first-order valence-corrected chi connectivity index (χ1v) is 7.97. The maximum atomic E-state index is 12.1. The highest BCUT2D eigenvalue weighted by Gasteiger charge is 2.13. The summed E-state index contributed by atoms with van der Waals surface area (Å²) in [5.41, 5.74) is 1.54. The lowest BCUT2D eigenvalue weighted by Gasteiger charge is -2.03. The number of halogens is 3. The molecule has 0 spiro atoms. The summed E-state index contributed by atoms with van der Waals surface area (Å²) in [6.07, 6.45) is 1.51. The van der Waals surface area contributed by atoms with E-state index in [1.165, 1.54) is 6.20 Å². The summed E-state index contributed by atoms with van der Waals surface area (Å²) in [5.74, 6) is 0.125. The van der Waals surface area contributed by atoms with Crippen molar-refractivity contribution in [2.24, 2.45) is 0 Å². The normalized spacial score (nSPS) is 10.6. The van der Waals surface area contributed by atoms with Crippen molar-refractivity contribution in [3.63, 3.8) is 0 Å². The van der Waals surface area contributed by atoms with Gasteiger partial charge in [-0.3, -0.25) is 4.79 Å². The number of nitrogens with zero attached hydrogens (tertiary/aromatic N) is 2. The molecule has 0 aliphatic heterocycles. The van der Waals surface area contributed by atoms with Crippen LogP contribution in [0.15, 0.2) is 47.1 Å². The maximum Gasteiger partial charge on any atom is 0.254 e. The Hall–Kier alpha value is -2.08. The molecule has 0 saturated carbocycles. The number of amides is 1. The van der Waals surface area contributed by atoms with Crippen LogP contribution >= 0.6 is 34.8 Å². The second kappa shape index (κ2) is 7.21. The van der Waals surface area contributed by atoms with Crippen molar-refractivity contribution in [1.29, 1.82) is 0 Å². The number of benzene rings is 1. The zero-order valence-electron chi connectivity index (χ0n) is 12.1. The molecule has 122 valence electrons. The molecule has 0 saturated heterocycles. The van der Waals surface area contributed by atoms with Gasteiger partial charge in [0.25, 0.3) is 5.91 Å². The van der Waals surface area contributed by atoms with Crippen molar-refractivity contribution in [2.75, 3.05) is 0 Å². The summed E-state index contributed by atoms with van der Waals surface area (Å²) >= 11 is 17.9. The van der Waals surface area contributed by atoms with Gasteiger partial charge in [-0.25, -0.2) is 4.98 Å². The number of aromatic nitrogens is 2. The summed E-state index contributed by atoms with van der Waals surface area (Å²) in [6, 6.07) is 10.0. The fourth-order valence-electron chi connectivity index (χ4n) is 2.04. The Morgan fingerprint density at radius 1 is 1.17 bits per heavy atom. The van der Waals surface area contributed by atoms with E-state index in [9.17, 15) is 4.79 Å². The molecule has 0 fully saturated rings. The molecule has 8 heteroatoms. The summed E-state index contributed by atoms with van der Waals surface area (Å²) in [6.45, 7) is 0.155. The zero-order valence-corrected chi connectivity index (χ0v) is 14.4. The first-order chi connectivity index (χ1) is 11.5. The largest absolute Gasteiger partial charge is 0.359 e. The zero-order chi connectivity index (χ0) is 17.1. The summed E-state index contributed by atoms with van der Waals surface area (Å²) in [7, 11) is 0. The van der Waals surface area contributed by atoms with E-state index in [1.807, 2.05) is 0 Å². The Bertz CT molecular complexity index is 896. The molecule has 3 aromatic rings. The van der Waals surface area contributed by atoms with Crippen LogP contribution in [0.3, 0.4) is 0 Å². The highest BCUT2D eigenvalue weighted by atomic mass is 35.5. The van der Waals surface area contributed by atoms with Crippen molar-refractivity contribution in [3.8, 4) is 11.3 Å². The van der Waals surface area contributed by atoms with Crippen LogP contribution in [0.1, 0.15) is 16.1 Å². The third-order valence-corrected chi connectivity index (χ3v) is 4.04. The van der Waals surface area contributed by atoms with Crippen molar-refractivity contribution >= 4 is 40.7 Å². The van der Waals surface area contributed by atoms with Crippen molar-refractivity contribution in [3.05, 3.63) is 69.1 Å². The van der Waals surface area contributed by atoms with Gasteiger partial charge in [0.15, 0.2) is 5.76 Å². The van der Waals surface area contributed by atoms with E-state index in [2.05, 4.69) is 15.5 Å². The minimum atomic E-state index is -0.351. The molecule has 1 aromatic carbocycles. The number of carbonyl (C=O) groups is 1. The number of carbonyl (C=O) groups excluding carboxylic acids is 1. The van der Waals surface area contributed by atoms with Gasteiger partial charge in [-0.2, -0.15) is 0 Å². The van der Waals surface area contributed by atoms with Crippen LogP contribution in [0.25, 0.3) is 11.3 Å². The van der Waals surface area contributed by atoms with Crippen LogP contribution < -0.4 is 5.32 Å². The molecule has 0 aliphatic rings. The third kappa shape index (κ3) is 3.70. The van der Waals surface area contributed by atoms with Crippen molar-refractivity contribution in [1.82, 2.24) is 15.5 Å². The fourth-order valence-corrected chi connectivity index (χ4v) is 2.75. The topological polar surface area (TPSA) is 68.0 Å². The van der Waals surface area contributed by atoms with Crippen LogP contribution in [0, 0.1) is 0 Å². The minimum Gasteiger partial charge on any atom is -0.359 e. The van der Waals surface area contributed by atoms with Crippen LogP contribution in [0.4, 0.5) is 0 Å². The Morgan fingerprint density at radius 3 is 2.75 bits per heavy atom. The van der Waals surface area contributed by atoms with Crippen molar-refractivity contribution in [2.45, 2.75) is 6.54 Å². The SMILES string of the molecule is O=C(NCc1cc(-c2ccc(Cl)cc2Cl)no1)c1cccnc1Cl. The van der Waals surface area contributed by atoms with Crippen LogP contribution in [0.2, 0.25) is 15.2 Å². The van der Waals surface area contributed by atoms with Gasteiger partial charge in [0.1, 0.15) is 10.8 Å². The lowest BCUT2D eigenvalue weighted by molar-refractivity contribution is 0.0947. The molecular formula is C16H10Cl3N3O2. The molecule has 2 aromatic heterocycles. The third-order valence-electron chi connectivity index (χ3n) is 3.19. The van der Waals surface area contributed by atoms with Crippen LogP contribution in [-0.4, -0.2) is 16.0 Å². The van der Waals surface area contributed by atoms with Gasteiger partial charge in [0.2, 0.25) is 0 Å². The predicted octanol–water partition coefficient (Wildman–Crippen LogP) is 4.63. The average Bonchev–Trinajstić information content (AvgIpc) is 3.01. The molecule has 5 nitrogen and oxygen atoms in total. The highest BCUT2D eigenvalue weighted by molar-refractivity contribution is 6.36. The minimum absolute atomic E-state index is 0.140. The smallest absolute Gasteiger partial charge is 0.254 e.